The molecule has 2 heterocycles. The van der Waals surface area contributed by atoms with E-state index in [-0.39, 0.29) is 43.5 Å². The number of benzene rings is 1. The maximum Gasteiger partial charge on any atom is 0.416 e. The van der Waals surface area contributed by atoms with E-state index in [4.69, 9.17) is 0 Å². The fraction of sp³-hybridized carbons (Fsp3) is 0.650. The quantitative estimate of drug-likeness (QED) is 0.742. The van der Waals surface area contributed by atoms with Gasteiger partial charge >= 0.3 is 6.18 Å². The largest absolute Gasteiger partial charge is 0.416 e. The summed E-state index contributed by atoms with van der Waals surface area (Å²) in [6.45, 7) is 2.26. The molecule has 0 aliphatic carbocycles. The van der Waals surface area contributed by atoms with Crippen LogP contribution >= 0.6 is 0 Å². The number of aliphatic hydroxyl groups is 1. The molecule has 0 spiro atoms. The molecule has 4 nitrogen and oxygen atoms in total. The van der Waals surface area contributed by atoms with Crippen LogP contribution in [0.5, 0.6) is 0 Å². The molecule has 0 saturated carbocycles. The summed E-state index contributed by atoms with van der Waals surface area (Å²) in [7, 11) is 0. The number of rotatable bonds is 5. The van der Waals surface area contributed by atoms with Crippen LogP contribution in [-0.4, -0.2) is 65.6 Å². The second-order valence-corrected chi connectivity index (χ2v) is 7.96. The first-order chi connectivity index (χ1) is 13.6. The van der Waals surface area contributed by atoms with Crippen LogP contribution in [0.25, 0.3) is 0 Å². The van der Waals surface area contributed by atoms with Crippen LogP contribution in [0, 0.1) is 11.8 Å². The molecule has 1 amide bonds. The van der Waals surface area contributed by atoms with Gasteiger partial charge in [0.25, 0.3) is 11.8 Å². The van der Waals surface area contributed by atoms with Crippen molar-refractivity contribution in [2.75, 3.05) is 32.8 Å². The lowest BCUT2D eigenvalue weighted by molar-refractivity contribution is -0.137. The number of halogens is 5. The van der Waals surface area contributed by atoms with E-state index in [0.29, 0.717) is 19.5 Å². The van der Waals surface area contributed by atoms with Crippen LogP contribution in [-0.2, 0) is 6.18 Å². The fourth-order valence-corrected chi connectivity index (χ4v) is 4.47. The zero-order chi connectivity index (χ0) is 21.4. The summed E-state index contributed by atoms with van der Waals surface area (Å²) in [6.07, 6.45) is -3.98. The standard InChI is InChI=1S/C20H25F5N2O2/c1-2-13-9-27(18(29)14-3-5-15(6-4-14)20(23,24)25)17(11-28)16(13)10-26-8-7-19(21,22)12-26/h3-6,13,16-17,28H,2,7-12H2,1H3/t13-,16-,17-/m1/s1. The lowest BCUT2D eigenvalue weighted by Gasteiger charge is -2.30. The van der Waals surface area contributed by atoms with Gasteiger partial charge in [-0.1, -0.05) is 13.3 Å². The minimum atomic E-state index is -4.49. The minimum Gasteiger partial charge on any atom is -0.394 e. The Kier molecular flexibility index (Phi) is 6.19. The zero-order valence-electron chi connectivity index (χ0n) is 16.1. The molecule has 9 heteroatoms. The summed E-state index contributed by atoms with van der Waals surface area (Å²) in [4.78, 5) is 16.1. The molecule has 2 saturated heterocycles. The molecule has 29 heavy (non-hydrogen) atoms. The number of amides is 1. The van der Waals surface area contributed by atoms with Crippen molar-refractivity contribution in [1.29, 1.82) is 0 Å². The number of likely N-dealkylation sites (tertiary alicyclic amines) is 2. The Hall–Kier alpha value is -1.74. The highest BCUT2D eigenvalue weighted by atomic mass is 19.4. The summed E-state index contributed by atoms with van der Waals surface area (Å²) in [5, 5.41) is 9.93. The van der Waals surface area contributed by atoms with Crippen LogP contribution in [0.3, 0.4) is 0 Å². The zero-order valence-corrected chi connectivity index (χ0v) is 16.1. The van der Waals surface area contributed by atoms with E-state index < -0.39 is 29.6 Å². The van der Waals surface area contributed by atoms with Gasteiger partial charge in [-0.25, -0.2) is 8.78 Å². The average Bonchev–Trinajstić information content (AvgIpc) is 3.19. The molecule has 0 bridgehead atoms. The smallest absolute Gasteiger partial charge is 0.394 e. The van der Waals surface area contributed by atoms with E-state index in [1.807, 2.05) is 6.92 Å². The third kappa shape index (κ3) is 4.71. The molecule has 0 unspecified atom stereocenters. The molecular weight excluding hydrogens is 395 g/mol. The number of carbonyl (C=O) groups is 1. The SMILES string of the molecule is CC[C@@H]1CN(C(=O)c2ccc(C(F)(F)F)cc2)[C@H](CO)[C@@H]1CN1CCC(F)(F)C1. The summed E-state index contributed by atoms with van der Waals surface area (Å²) in [6, 6.07) is 3.43. The molecule has 1 aromatic rings. The molecule has 2 aliphatic heterocycles. The first-order valence-electron chi connectivity index (χ1n) is 9.75. The molecule has 3 atom stereocenters. The van der Waals surface area contributed by atoms with Gasteiger partial charge in [-0.15, -0.1) is 0 Å². The van der Waals surface area contributed by atoms with Crippen LogP contribution in [0.1, 0.15) is 35.7 Å². The van der Waals surface area contributed by atoms with Crippen molar-refractivity contribution in [3.05, 3.63) is 35.4 Å². The van der Waals surface area contributed by atoms with E-state index in [1.54, 1.807) is 4.90 Å². The van der Waals surface area contributed by atoms with Crippen molar-refractivity contribution >= 4 is 5.91 Å². The average molecular weight is 420 g/mol. The van der Waals surface area contributed by atoms with Gasteiger partial charge in [-0.3, -0.25) is 9.69 Å². The number of carbonyl (C=O) groups excluding carboxylic acids is 1. The van der Waals surface area contributed by atoms with E-state index in [2.05, 4.69) is 0 Å². The van der Waals surface area contributed by atoms with Gasteiger partial charge in [0.15, 0.2) is 0 Å². The van der Waals surface area contributed by atoms with Crippen molar-refractivity contribution in [2.45, 2.75) is 37.9 Å². The van der Waals surface area contributed by atoms with Gasteiger partial charge in [-0.2, -0.15) is 13.2 Å². The molecular formula is C20H25F5N2O2. The maximum atomic E-state index is 13.5. The monoisotopic (exact) mass is 420 g/mol. The van der Waals surface area contributed by atoms with Gasteiger partial charge in [-0.05, 0) is 36.1 Å². The molecule has 0 aromatic heterocycles. The maximum absolute atomic E-state index is 13.5. The van der Waals surface area contributed by atoms with Crippen LogP contribution in [0.2, 0.25) is 0 Å². The van der Waals surface area contributed by atoms with Crippen molar-refractivity contribution in [2.24, 2.45) is 11.8 Å². The van der Waals surface area contributed by atoms with Crippen molar-refractivity contribution < 1.29 is 31.9 Å². The van der Waals surface area contributed by atoms with Gasteiger partial charge in [0, 0.05) is 31.6 Å². The van der Waals surface area contributed by atoms with Gasteiger partial charge < -0.3 is 10.0 Å². The normalized spacial score (nSPS) is 27.6. The number of aliphatic hydroxyl groups excluding tert-OH is 1. The fourth-order valence-electron chi connectivity index (χ4n) is 4.47. The molecule has 162 valence electrons. The third-order valence-electron chi connectivity index (χ3n) is 6.08. The molecule has 0 radical (unpaired) electrons. The second kappa shape index (κ2) is 8.18. The van der Waals surface area contributed by atoms with Crippen LogP contribution < -0.4 is 0 Å². The topological polar surface area (TPSA) is 43.8 Å². The van der Waals surface area contributed by atoms with Gasteiger partial charge in [0.1, 0.15) is 0 Å². The Morgan fingerprint density at radius 1 is 1.24 bits per heavy atom. The van der Waals surface area contributed by atoms with Crippen LogP contribution in [0.15, 0.2) is 24.3 Å². The Morgan fingerprint density at radius 2 is 1.90 bits per heavy atom. The first-order valence-corrected chi connectivity index (χ1v) is 9.75. The van der Waals surface area contributed by atoms with Gasteiger partial charge in [0.2, 0.25) is 0 Å². The summed E-state index contributed by atoms with van der Waals surface area (Å²) in [5.74, 6) is -3.31. The van der Waals surface area contributed by atoms with Crippen LogP contribution in [0.4, 0.5) is 22.0 Å². The number of hydrogen-bond donors (Lipinski definition) is 1. The number of hydrogen-bond acceptors (Lipinski definition) is 3. The molecule has 2 fully saturated rings. The van der Waals surface area contributed by atoms with E-state index in [0.717, 1.165) is 24.3 Å². The first kappa shape index (κ1) is 22.0. The molecule has 1 aromatic carbocycles. The summed E-state index contributed by atoms with van der Waals surface area (Å²) < 4.78 is 65.3. The van der Waals surface area contributed by atoms with E-state index in [1.165, 1.54) is 4.90 Å². The predicted molar refractivity (Wildman–Crippen MR) is 96.6 cm³/mol. The predicted octanol–water partition coefficient (Wildman–Crippen LogP) is 3.51. The Labute approximate surface area is 166 Å². The lowest BCUT2D eigenvalue weighted by Crippen LogP contribution is -2.43. The lowest BCUT2D eigenvalue weighted by atomic mass is 9.88. The number of nitrogens with zero attached hydrogens (tertiary/aromatic N) is 2. The van der Waals surface area contributed by atoms with Crippen molar-refractivity contribution in [3.63, 3.8) is 0 Å². The Morgan fingerprint density at radius 3 is 2.38 bits per heavy atom. The summed E-state index contributed by atoms with van der Waals surface area (Å²) >= 11 is 0. The molecule has 1 N–H and O–H groups in total. The Balaban J connectivity index is 1.76. The third-order valence-corrected chi connectivity index (χ3v) is 6.08. The van der Waals surface area contributed by atoms with Gasteiger partial charge in [0.05, 0.1) is 24.8 Å². The highest BCUT2D eigenvalue weighted by Crippen LogP contribution is 2.36. The summed E-state index contributed by atoms with van der Waals surface area (Å²) in [5.41, 5.74) is -0.729. The molecule has 3 rings (SSSR count). The molecule has 2 aliphatic rings. The number of alkyl halides is 5. The Bertz CT molecular complexity index is 723. The van der Waals surface area contributed by atoms with E-state index in [9.17, 15) is 31.9 Å². The second-order valence-electron chi connectivity index (χ2n) is 7.96. The highest BCUT2D eigenvalue weighted by molar-refractivity contribution is 5.94. The minimum absolute atomic E-state index is 0.0276. The van der Waals surface area contributed by atoms with E-state index >= 15 is 0 Å². The highest BCUT2D eigenvalue weighted by Gasteiger charge is 2.46. The van der Waals surface area contributed by atoms with Crippen molar-refractivity contribution in [3.8, 4) is 0 Å². The van der Waals surface area contributed by atoms with Crippen molar-refractivity contribution in [1.82, 2.24) is 9.80 Å².